The Morgan fingerprint density at radius 3 is 2.58 bits per heavy atom. The van der Waals surface area contributed by atoms with E-state index in [1.807, 2.05) is 55.4 Å². The van der Waals surface area contributed by atoms with Gasteiger partial charge in [0, 0.05) is 29.2 Å². The number of amides is 1. The first kappa shape index (κ1) is 23.1. The summed E-state index contributed by atoms with van der Waals surface area (Å²) in [6, 6.07) is 16.0. The minimum Gasteiger partial charge on any atom is -0.357 e. The Hall–Kier alpha value is -2.57. The first-order valence-corrected chi connectivity index (χ1v) is 11.1. The van der Waals surface area contributed by atoms with E-state index in [0.717, 1.165) is 48.2 Å². The monoisotopic (exact) mass is 441 g/mol. The van der Waals surface area contributed by atoms with Gasteiger partial charge >= 0.3 is 0 Å². The van der Waals surface area contributed by atoms with Crippen LogP contribution in [0.5, 0.6) is 0 Å². The van der Waals surface area contributed by atoms with Crippen LogP contribution in [0.3, 0.4) is 0 Å². The number of nitrogens with one attached hydrogen (secondary N) is 3. The lowest BCUT2D eigenvalue weighted by molar-refractivity contribution is -0.116. The second kappa shape index (κ2) is 10.6. The normalized spacial score (nSPS) is 14.9. The molecule has 0 saturated heterocycles. The molecule has 3 rings (SSSR count). The molecule has 0 radical (unpaired) electrons. The van der Waals surface area contributed by atoms with E-state index >= 15 is 0 Å². The third-order valence-corrected chi connectivity index (χ3v) is 5.55. The van der Waals surface area contributed by atoms with Crippen LogP contribution in [-0.2, 0) is 16.8 Å². The van der Waals surface area contributed by atoms with E-state index in [9.17, 15) is 4.79 Å². The largest absolute Gasteiger partial charge is 0.357 e. The summed E-state index contributed by atoms with van der Waals surface area (Å²) in [4.78, 5) is 18.6. The molecule has 3 N–H and O–H groups in total. The maximum atomic E-state index is 12.0. The summed E-state index contributed by atoms with van der Waals surface area (Å²) in [5.41, 5.74) is 3.24. The molecule has 0 aromatic heterocycles. The summed E-state index contributed by atoms with van der Waals surface area (Å²) in [6.07, 6.45) is 2.29. The van der Waals surface area contributed by atoms with Crippen LogP contribution in [-0.4, -0.2) is 50.5 Å². The average Bonchev–Trinajstić information content (AvgIpc) is 3.51. The van der Waals surface area contributed by atoms with E-state index in [0.29, 0.717) is 13.1 Å². The topological polar surface area (TPSA) is 68.8 Å². The van der Waals surface area contributed by atoms with E-state index in [2.05, 4.69) is 35.0 Å². The number of nitrogens with zero attached hydrogens (tertiary/aromatic N) is 2. The van der Waals surface area contributed by atoms with Gasteiger partial charge in [0.25, 0.3) is 0 Å². The fourth-order valence-electron chi connectivity index (χ4n) is 3.54. The number of likely N-dealkylation sites (N-methyl/N-ethyl adjacent to an activating group) is 1. The van der Waals surface area contributed by atoms with Gasteiger partial charge in [-0.1, -0.05) is 35.9 Å². The standard InChI is InChI=1S/C24H32ClN5O/c1-4-26-23(28-17-24(11-12-24)19-8-6-9-20(25)14-19)27-15-18-7-5-10-21(13-18)29-22(31)16-30(2)3/h5-10,13-14H,4,11-12,15-17H2,1-3H3,(H,29,31)(H2,26,27,28). The van der Waals surface area contributed by atoms with Crippen LogP contribution in [0, 0.1) is 0 Å². The van der Waals surface area contributed by atoms with Gasteiger partial charge in [0.05, 0.1) is 13.1 Å². The van der Waals surface area contributed by atoms with Crippen molar-refractivity contribution in [3.8, 4) is 0 Å². The maximum absolute atomic E-state index is 12.0. The quantitative estimate of drug-likeness (QED) is 0.410. The highest BCUT2D eigenvalue weighted by molar-refractivity contribution is 6.30. The van der Waals surface area contributed by atoms with Gasteiger partial charge in [-0.15, -0.1) is 0 Å². The molecule has 7 heteroatoms. The summed E-state index contributed by atoms with van der Waals surface area (Å²) in [7, 11) is 3.75. The van der Waals surface area contributed by atoms with Crippen molar-refractivity contribution in [2.75, 3.05) is 39.0 Å². The smallest absolute Gasteiger partial charge is 0.238 e. The molecule has 0 bridgehead atoms. The fourth-order valence-corrected chi connectivity index (χ4v) is 3.73. The Bertz CT molecular complexity index is 924. The molecule has 0 atom stereocenters. The summed E-state index contributed by atoms with van der Waals surface area (Å²) in [5, 5.41) is 10.5. The molecule has 2 aromatic carbocycles. The number of carbonyl (C=O) groups is 1. The van der Waals surface area contributed by atoms with Crippen molar-refractivity contribution in [1.29, 1.82) is 0 Å². The van der Waals surface area contributed by atoms with Crippen molar-refractivity contribution in [3.63, 3.8) is 0 Å². The summed E-state index contributed by atoms with van der Waals surface area (Å²) >= 11 is 6.19. The summed E-state index contributed by atoms with van der Waals surface area (Å²) in [5.74, 6) is 0.759. The molecule has 1 aliphatic carbocycles. The Kier molecular flexibility index (Phi) is 7.93. The Morgan fingerprint density at radius 2 is 1.90 bits per heavy atom. The molecular formula is C24H32ClN5O. The molecule has 1 aliphatic rings. The van der Waals surface area contributed by atoms with Crippen LogP contribution >= 0.6 is 11.6 Å². The van der Waals surface area contributed by atoms with Gasteiger partial charge in [-0.2, -0.15) is 0 Å². The number of rotatable bonds is 9. The maximum Gasteiger partial charge on any atom is 0.238 e. The minimum atomic E-state index is -0.0311. The molecular weight excluding hydrogens is 410 g/mol. The molecule has 0 unspecified atom stereocenters. The van der Waals surface area contributed by atoms with Crippen molar-refractivity contribution < 1.29 is 4.79 Å². The van der Waals surface area contributed by atoms with E-state index < -0.39 is 0 Å². The SMILES string of the molecule is CCNC(=NCc1cccc(NC(=O)CN(C)C)c1)NCC1(c2cccc(Cl)c2)CC1. The van der Waals surface area contributed by atoms with Crippen molar-refractivity contribution in [3.05, 3.63) is 64.7 Å². The van der Waals surface area contributed by atoms with E-state index in [-0.39, 0.29) is 11.3 Å². The van der Waals surface area contributed by atoms with E-state index in [1.54, 1.807) is 0 Å². The van der Waals surface area contributed by atoms with Crippen molar-refractivity contribution in [2.24, 2.45) is 4.99 Å². The van der Waals surface area contributed by atoms with Crippen LogP contribution in [0.25, 0.3) is 0 Å². The van der Waals surface area contributed by atoms with Gasteiger partial charge in [0.2, 0.25) is 5.91 Å². The number of anilines is 1. The zero-order valence-corrected chi connectivity index (χ0v) is 19.3. The van der Waals surface area contributed by atoms with Crippen molar-refractivity contribution in [1.82, 2.24) is 15.5 Å². The molecule has 166 valence electrons. The molecule has 0 heterocycles. The molecule has 1 saturated carbocycles. The van der Waals surface area contributed by atoms with E-state index in [4.69, 9.17) is 16.6 Å². The number of hydrogen-bond acceptors (Lipinski definition) is 3. The third kappa shape index (κ3) is 6.97. The predicted octanol–water partition coefficient (Wildman–Crippen LogP) is 3.63. The second-order valence-corrected chi connectivity index (χ2v) is 8.76. The van der Waals surface area contributed by atoms with Crippen molar-refractivity contribution >= 4 is 29.2 Å². The predicted molar refractivity (Wildman–Crippen MR) is 129 cm³/mol. The highest BCUT2D eigenvalue weighted by Crippen LogP contribution is 2.48. The van der Waals surface area contributed by atoms with Gasteiger partial charge < -0.3 is 20.9 Å². The third-order valence-electron chi connectivity index (χ3n) is 5.32. The van der Waals surface area contributed by atoms with Crippen LogP contribution in [0.1, 0.15) is 30.9 Å². The number of benzene rings is 2. The number of carbonyl (C=O) groups excluding carboxylic acids is 1. The van der Waals surface area contributed by atoms with Gasteiger partial charge in [-0.3, -0.25) is 4.79 Å². The van der Waals surface area contributed by atoms with Gasteiger partial charge in [0.15, 0.2) is 5.96 Å². The second-order valence-electron chi connectivity index (χ2n) is 8.33. The summed E-state index contributed by atoms with van der Waals surface area (Å²) < 4.78 is 0. The molecule has 1 amide bonds. The molecule has 0 aliphatic heterocycles. The fraction of sp³-hybridized carbons (Fsp3) is 0.417. The molecule has 1 fully saturated rings. The van der Waals surface area contributed by atoms with Gasteiger partial charge in [0.1, 0.15) is 0 Å². The number of guanidine groups is 1. The van der Waals surface area contributed by atoms with Gasteiger partial charge in [-0.25, -0.2) is 4.99 Å². The zero-order valence-electron chi connectivity index (χ0n) is 18.5. The van der Waals surface area contributed by atoms with Crippen molar-refractivity contribution in [2.45, 2.75) is 31.7 Å². The zero-order chi connectivity index (χ0) is 22.3. The van der Waals surface area contributed by atoms with Crippen LogP contribution in [0.4, 0.5) is 5.69 Å². The van der Waals surface area contributed by atoms with Gasteiger partial charge in [-0.05, 0) is 69.3 Å². The summed E-state index contributed by atoms with van der Waals surface area (Å²) in [6.45, 7) is 4.54. The lowest BCUT2D eigenvalue weighted by atomic mass is 9.96. The Balaban J connectivity index is 1.61. The Morgan fingerprint density at radius 1 is 1.13 bits per heavy atom. The lowest BCUT2D eigenvalue weighted by Crippen LogP contribution is -2.41. The number of aliphatic imine (C=N–C) groups is 1. The minimum absolute atomic E-state index is 0.0311. The molecule has 31 heavy (non-hydrogen) atoms. The average molecular weight is 442 g/mol. The number of halogens is 1. The van der Waals surface area contributed by atoms with E-state index in [1.165, 1.54) is 5.56 Å². The molecule has 0 spiro atoms. The first-order valence-electron chi connectivity index (χ1n) is 10.7. The lowest BCUT2D eigenvalue weighted by Gasteiger charge is -2.19. The van der Waals surface area contributed by atoms with Crippen LogP contribution in [0.2, 0.25) is 5.02 Å². The van der Waals surface area contributed by atoms with Crippen LogP contribution in [0.15, 0.2) is 53.5 Å². The Labute approximate surface area is 190 Å². The first-order chi connectivity index (χ1) is 14.9. The highest BCUT2D eigenvalue weighted by atomic mass is 35.5. The molecule has 6 nitrogen and oxygen atoms in total. The number of hydrogen-bond donors (Lipinski definition) is 3. The molecule has 2 aromatic rings. The highest BCUT2D eigenvalue weighted by Gasteiger charge is 2.44. The van der Waals surface area contributed by atoms with Crippen LogP contribution < -0.4 is 16.0 Å².